The van der Waals surface area contributed by atoms with Crippen LogP contribution in [0.1, 0.15) is 5.76 Å². The van der Waals surface area contributed by atoms with E-state index in [0.717, 1.165) is 4.47 Å². The van der Waals surface area contributed by atoms with Gasteiger partial charge >= 0.3 is 0 Å². The van der Waals surface area contributed by atoms with E-state index in [1.807, 2.05) is 0 Å². The van der Waals surface area contributed by atoms with E-state index in [0.29, 0.717) is 11.1 Å². The Morgan fingerprint density at radius 3 is 2.50 bits per heavy atom. The maximum atomic E-state index is 13.2. The molecule has 0 saturated heterocycles. The predicted octanol–water partition coefficient (Wildman–Crippen LogP) is 4.42. The number of furan rings is 1. The minimum atomic E-state index is -4.16. The lowest BCUT2D eigenvalue weighted by Crippen LogP contribution is -2.15. The second kappa shape index (κ2) is 6.68. The van der Waals surface area contributed by atoms with Crippen molar-refractivity contribution < 1.29 is 22.0 Å². The third kappa shape index (κ3) is 2.96. The minimum absolute atomic E-state index is 0.0400. The summed E-state index contributed by atoms with van der Waals surface area (Å²) in [7, 11) is -2.76. The van der Waals surface area contributed by atoms with Gasteiger partial charge in [-0.3, -0.25) is 9.52 Å². The fourth-order valence-electron chi connectivity index (χ4n) is 3.07. The molecule has 9 heteroatoms. The van der Waals surface area contributed by atoms with Crippen molar-refractivity contribution in [3.8, 4) is 5.75 Å². The molecule has 4 aromatic rings. The summed E-state index contributed by atoms with van der Waals surface area (Å²) >= 11 is 3.31. The number of aryl methyl sites for hydroxylation is 1. The monoisotopic (exact) mass is 463 g/mol. The molecule has 0 unspecified atom stereocenters. The summed E-state index contributed by atoms with van der Waals surface area (Å²) in [6.07, 6.45) is 1.34. The quantitative estimate of drug-likeness (QED) is 0.480. The van der Waals surface area contributed by atoms with Crippen LogP contribution >= 0.6 is 15.9 Å². The van der Waals surface area contributed by atoms with Crippen molar-refractivity contribution in [1.29, 1.82) is 0 Å². The average Bonchev–Trinajstić information content (AvgIpc) is 3.10. The van der Waals surface area contributed by atoms with Gasteiger partial charge in [0.2, 0.25) is 0 Å². The molecule has 0 saturated carbocycles. The number of fused-ring (bicyclic) bond motifs is 2. The van der Waals surface area contributed by atoms with Gasteiger partial charge in [0, 0.05) is 16.2 Å². The zero-order valence-corrected chi connectivity index (χ0v) is 17.2. The van der Waals surface area contributed by atoms with Gasteiger partial charge < -0.3 is 13.6 Å². The number of halogens is 1. The first-order valence-electron chi connectivity index (χ1n) is 8.12. The van der Waals surface area contributed by atoms with Crippen LogP contribution in [-0.4, -0.2) is 15.5 Å². The van der Waals surface area contributed by atoms with Crippen molar-refractivity contribution in [3.05, 3.63) is 63.1 Å². The zero-order valence-electron chi connectivity index (χ0n) is 14.8. The number of benzene rings is 2. The van der Waals surface area contributed by atoms with Gasteiger partial charge in [0.25, 0.3) is 10.0 Å². The van der Waals surface area contributed by atoms with E-state index in [-0.39, 0.29) is 33.0 Å². The number of hydrogen-bond donors (Lipinski definition) is 1. The molecule has 144 valence electrons. The molecule has 0 radical (unpaired) electrons. The second-order valence-electron chi connectivity index (χ2n) is 6.06. The molecular weight excluding hydrogens is 450 g/mol. The summed E-state index contributed by atoms with van der Waals surface area (Å²) in [6.45, 7) is 1.57. The van der Waals surface area contributed by atoms with Crippen LogP contribution < -0.4 is 14.9 Å². The van der Waals surface area contributed by atoms with E-state index >= 15 is 0 Å². The van der Waals surface area contributed by atoms with Crippen LogP contribution in [0, 0.1) is 6.92 Å². The van der Waals surface area contributed by atoms with Crippen molar-refractivity contribution in [2.24, 2.45) is 0 Å². The van der Waals surface area contributed by atoms with Crippen LogP contribution in [0.25, 0.3) is 21.9 Å². The Kier molecular flexibility index (Phi) is 4.43. The van der Waals surface area contributed by atoms with Crippen molar-refractivity contribution in [2.75, 3.05) is 11.8 Å². The minimum Gasteiger partial charge on any atom is -0.495 e. The molecule has 4 rings (SSSR count). The number of anilines is 1. The molecule has 0 atom stereocenters. The topological polar surface area (TPSA) is 98.8 Å². The first kappa shape index (κ1) is 18.6. The Morgan fingerprint density at radius 2 is 1.82 bits per heavy atom. The van der Waals surface area contributed by atoms with E-state index in [1.54, 1.807) is 37.3 Å². The standard InChI is InChI=1S/C19H14BrNO6S/c1-10-9-14(22)15-16(25-2)13-7-8-26-17(13)19(18(15)27-10)28(23,24)21-12-5-3-11(20)4-6-12/h3-9,21H,1-2H3. The highest BCUT2D eigenvalue weighted by Crippen LogP contribution is 2.40. The van der Waals surface area contributed by atoms with Gasteiger partial charge in [0.15, 0.2) is 21.5 Å². The van der Waals surface area contributed by atoms with E-state index in [2.05, 4.69) is 20.7 Å². The van der Waals surface area contributed by atoms with Crippen LogP contribution in [0.2, 0.25) is 0 Å². The Balaban J connectivity index is 2.08. The SMILES string of the molecule is COc1c2ccoc2c(S(=O)(=O)Nc2ccc(Br)cc2)c2oc(C)cc(=O)c12. The molecule has 0 aliphatic heterocycles. The van der Waals surface area contributed by atoms with E-state index < -0.39 is 15.5 Å². The lowest BCUT2D eigenvalue weighted by Gasteiger charge is -2.13. The largest absolute Gasteiger partial charge is 0.495 e. The first-order chi connectivity index (χ1) is 13.3. The van der Waals surface area contributed by atoms with Crippen LogP contribution in [0.15, 0.2) is 65.7 Å². The summed E-state index contributed by atoms with van der Waals surface area (Å²) in [5.74, 6) is 0.473. The number of nitrogens with one attached hydrogen (secondary N) is 1. The van der Waals surface area contributed by atoms with Gasteiger partial charge in [-0.25, -0.2) is 8.42 Å². The smallest absolute Gasteiger partial charge is 0.269 e. The normalized spacial score (nSPS) is 11.8. The van der Waals surface area contributed by atoms with Crippen molar-refractivity contribution in [2.45, 2.75) is 11.8 Å². The van der Waals surface area contributed by atoms with Gasteiger partial charge in [-0.15, -0.1) is 0 Å². The van der Waals surface area contributed by atoms with Gasteiger partial charge in [-0.05, 0) is 37.3 Å². The zero-order chi connectivity index (χ0) is 20.1. The van der Waals surface area contributed by atoms with Crippen molar-refractivity contribution in [1.82, 2.24) is 0 Å². The van der Waals surface area contributed by atoms with Crippen LogP contribution in [0.5, 0.6) is 5.75 Å². The highest BCUT2D eigenvalue weighted by molar-refractivity contribution is 9.10. The van der Waals surface area contributed by atoms with Crippen molar-refractivity contribution in [3.63, 3.8) is 0 Å². The van der Waals surface area contributed by atoms with Gasteiger partial charge in [-0.2, -0.15) is 0 Å². The van der Waals surface area contributed by atoms with Crippen molar-refractivity contribution >= 4 is 53.6 Å². The van der Waals surface area contributed by atoms with E-state index in [9.17, 15) is 13.2 Å². The second-order valence-corrected chi connectivity index (χ2v) is 8.60. The maximum absolute atomic E-state index is 13.2. The number of rotatable bonds is 4. The number of sulfonamides is 1. The third-order valence-corrected chi connectivity index (χ3v) is 6.13. The molecule has 2 aromatic carbocycles. The molecule has 2 heterocycles. The molecule has 1 N–H and O–H groups in total. The molecular formula is C19H14BrNO6S. The highest BCUT2D eigenvalue weighted by atomic mass is 79.9. The summed E-state index contributed by atoms with van der Waals surface area (Å²) in [5, 5.41) is 0.403. The summed E-state index contributed by atoms with van der Waals surface area (Å²) in [6, 6.07) is 9.45. The maximum Gasteiger partial charge on any atom is 0.269 e. The average molecular weight is 464 g/mol. The first-order valence-corrected chi connectivity index (χ1v) is 10.4. The van der Waals surface area contributed by atoms with Crippen LogP contribution in [0.4, 0.5) is 5.69 Å². The molecule has 28 heavy (non-hydrogen) atoms. The molecule has 0 fully saturated rings. The Hall–Kier alpha value is -2.78. The molecule has 0 amide bonds. The molecule has 0 spiro atoms. The highest BCUT2D eigenvalue weighted by Gasteiger charge is 2.30. The molecule has 0 aliphatic rings. The fraction of sp³-hybridized carbons (Fsp3) is 0.105. The Labute approximate surface area is 168 Å². The van der Waals surface area contributed by atoms with Crippen LogP contribution in [-0.2, 0) is 10.0 Å². The Morgan fingerprint density at radius 1 is 1.11 bits per heavy atom. The van der Waals surface area contributed by atoms with Gasteiger partial charge in [-0.1, -0.05) is 15.9 Å². The molecule has 2 aromatic heterocycles. The summed E-state index contributed by atoms with van der Waals surface area (Å²) in [5.41, 5.74) is -0.128. The Bertz CT molecular complexity index is 1370. The lowest BCUT2D eigenvalue weighted by atomic mass is 10.1. The fourth-order valence-corrected chi connectivity index (χ4v) is 4.67. The third-order valence-electron chi connectivity index (χ3n) is 4.19. The van der Waals surface area contributed by atoms with E-state index in [4.69, 9.17) is 13.6 Å². The summed E-state index contributed by atoms with van der Waals surface area (Å²) in [4.78, 5) is 12.4. The molecule has 0 bridgehead atoms. The molecule has 0 aliphatic carbocycles. The predicted molar refractivity (Wildman–Crippen MR) is 108 cm³/mol. The van der Waals surface area contributed by atoms with E-state index in [1.165, 1.54) is 19.4 Å². The summed E-state index contributed by atoms with van der Waals surface area (Å²) < 4.78 is 46.3. The lowest BCUT2D eigenvalue weighted by molar-refractivity contribution is 0.422. The van der Waals surface area contributed by atoms with Crippen LogP contribution in [0.3, 0.4) is 0 Å². The number of hydrogen-bond acceptors (Lipinski definition) is 6. The molecule has 7 nitrogen and oxygen atoms in total. The number of ether oxygens (including phenoxy) is 1. The number of methoxy groups -OCH3 is 1. The van der Waals surface area contributed by atoms with Gasteiger partial charge in [0.05, 0.1) is 18.8 Å². The van der Waals surface area contributed by atoms with Gasteiger partial charge in [0.1, 0.15) is 16.9 Å².